The van der Waals surface area contributed by atoms with Crippen LogP contribution in [0.3, 0.4) is 0 Å². The normalized spacial score (nSPS) is 10.8. The van der Waals surface area contributed by atoms with Gasteiger partial charge in [-0.25, -0.2) is 0 Å². The lowest BCUT2D eigenvalue weighted by Gasteiger charge is -2.12. The number of methoxy groups -OCH3 is 2. The second-order valence-electron chi connectivity index (χ2n) is 5.64. The molecule has 0 amide bonds. The molecule has 7 nitrogen and oxygen atoms in total. The molecular weight excluding hydrogens is 445 g/mol. The SMILES string of the molecule is CN=C(NCCc1ccc(OC)c(OC)c1)NCCc1cnn(C)c1.I. The Morgan fingerprint density at radius 3 is 2.27 bits per heavy atom. The van der Waals surface area contributed by atoms with Crippen LogP contribution in [0.5, 0.6) is 11.5 Å². The Morgan fingerprint density at radius 2 is 1.73 bits per heavy atom. The number of benzene rings is 1. The number of aromatic nitrogens is 2. The molecule has 0 unspecified atom stereocenters. The highest BCUT2D eigenvalue weighted by Gasteiger charge is 2.05. The van der Waals surface area contributed by atoms with Gasteiger partial charge in [0.05, 0.1) is 20.4 Å². The number of nitrogens with one attached hydrogen (secondary N) is 2. The van der Waals surface area contributed by atoms with Gasteiger partial charge in [-0.3, -0.25) is 9.67 Å². The van der Waals surface area contributed by atoms with Crippen molar-refractivity contribution in [1.82, 2.24) is 20.4 Å². The summed E-state index contributed by atoms with van der Waals surface area (Å²) >= 11 is 0. The first-order chi connectivity index (χ1) is 12.2. The Bertz CT molecular complexity index is 703. The second-order valence-corrected chi connectivity index (χ2v) is 5.64. The maximum Gasteiger partial charge on any atom is 0.190 e. The number of aliphatic imine (C=N–C) groups is 1. The molecule has 0 saturated heterocycles. The second kappa shape index (κ2) is 11.6. The largest absolute Gasteiger partial charge is 0.493 e. The summed E-state index contributed by atoms with van der Waals surface area (Å²) in [6, 6.07) is 5.97. The van der Waals surface area contributed by atoms with Crippen molar-refractivity contribution in [3.05, 3.63) is 41.7 Å². The molecule has 26 heavy (non-hydrogen) atoms. The van der Waals surface area contributed by atoms with E-state index in [0.717, 1.165) is 43.4 Å². The Kier molecular flexibility index (Phi) is 9.85. The van der Waals surface area contributed by atoms with Crippen molar-refractivity contribution in [2.45, 2.75) is 12.8 Å². The summed E-state index contributed by atoms with van der Waals surface area (Å²) in [5.74, 6) is 2.29. The minimum Gasteiger partial charge on any atom is -0.493 e. The lowest BCUT2D eigenvalue weighted by atomic mass is 10.1. The molecule has 1 aromatic heterocycles. The minimum absolute atomic E-state index is 0. The van der Waals surface area contributed by atoms with Crippen LogP contribution < -0.4 is 20.1 Å². The number of hydrogen-bond donors (Lipinski definition) is 2. The van der Waals surface area contributed by atoms with Crippen LogP contribution >= 0.6 is 24.0 Å². The molecule has 2 rings (SSSR count). The van der Waals surface area contributed by atoms with Crippen molar-refractivity contribution < 1.29 is 9.47 Å². The first-order valence-corrected chi connectivity index (χ1v) is 8.29. The highest BCUT2D eigenvalue weighted by Crippen LogP contribution is 2.27. The molecule has 0 saturated carbocycles. The van der Waals surface area contributed by atoms with Crippen molar-refractivity contribution in [1.29, 1.82) is 0 Å². The summed E-state index contributed by atoms with van der Waals surface area (Å²) in [6.45, 7) is 1.59. The summed E-state index contributed by atoms with van der Waals surface area (Å²) in [5.41, 5.74) is 2.38. The number of ether oxygens (including phenoxy) is 2. The average molecular weight is 473 g/mol. The van der Waals surface area contributed by atoms with Crippen LogP contribution in [0.4, 0.5) is 0 Å². The van der Waals surface area contributed by atoms with E-state index in [-0.39, 0.29) is 24.0 Å². The van der Waals surface area contributed by atoms with Gasteiger partial charge in [0.25, 0.3) is 0 Å². The molecule has 0 aliphatic rings. The first-order valence-electron chi connectivity index (χ1n) is 8.29. The number of rotatable bonds is 8. The molecule has 2 N–H and O–H groups in total. The monoisotopic (exact) mass is 473 g/mol. The number of nitrogens with zero attached hydrogens (tertiary/aromatic N) is 3. The van der Waals surface area contributed by atoms with Gasteiger partial charge in [-0.15, -0.1) is 24.0 Å². The zero-order valence-corrected chi connectivity index (χ0v) is 18.1. The van der Waals surface area contributed by atoms with Crippen molar-refractivity contribution >= 4 is 29.9 Å². The first kappa shape index (κ1) is 22.1. The Balaban J connectivity index is 0.00000338. The van der Waals surface area contributed by atoms with Gasteiger partial charge in [-0.05, 0) is 36.1 Å². The molecular formula is C18H28IN5O2. The Morgan fingerprint density at radius 1 is 1.08 bits per heavy atom. The predicted octanol–water partition coefficient (Wildman–Crippen LogP) is 2.01. The van der Waals surface area contributed by atoms with Crippen LogP contribution in [0.25, 0.3) is 0 Å². The number of aryl methyl sites for hydroxylation is 1. The quantitative estimate of drug-likeness (QED) is 0.349. The van der Waals surface area contributed by atoms with E-state index in [0.29, 0.717) is 0 Å². The molecule has 0 spiro atoms. The molecule has 0 radical (unpaired) electrons. The molecule has 0 atom stereocenters. The van der Waals surface area contributed by atoms with Gasteiger partial charge in [0, 0.05) is 33.4 Å². The summed E-state index contributed by atoms with van der Waals surface area (Å²) < 4.78 is 12.4. The molecule has 2 aromatic rings. The summed E-state index contributed by atoms with van der Waals surface area (Å²) in [4.78, 5) is 4.25. The van der Waals surface area contributed by atoms with Gasteiger partial charge in [0.2, 0.25) is 0 Å². The minimum atomic E-state index is 0. The zero-order chi connectivity index (χ0) is 18.1. The maximum absolute atomic E-state index is 5.33. The van der Waals surface area contributed by atoms with Crippen molar-refractivity contribution in [3.8, 4) is 11.5 Å². The van der Waals surface area contributed by atoms with E-state index in [1.165, 1.54) is 11.1 Å². The molecule has 1 aromatic carbocycles. The van der Waals surface area contributed by atoms with E-state index in [1.54, 1.807) is 21.3 Å². The van der Waals surface area contributed by atoms with Gasteiger partial charge >= 0.3 is 0 Å². The molecule has 144 valence electrons. The van der Waals surface area contributed by atoms with Crippen molar-refractivity contribution in [2.24, 2.45) is 12.0 Å². The molecule has 0 aliphatic carbocycles. The van der Waals surface area contributed by atoms with Gasteiger partial charge in [0.1, 0.15) is 0 Å². The smallest absolute Gasteiger partial charge is 0.190 e. The Labute approximate surface area is 172 Å². The average Bonchev–Trinajstić information content (AvgIpc) is 3.05. The van der Waals surface area contributed by atoms with Crippen LogP contribution in [-0.2, 0) is 19.9 Å². The molecule has 8 heteroatoms. The molecule has 0 aliphatic heterocycles. The molecule has 0 fully saturated rings. The van der Waals surface area contributed by atoms with E-state index in [2.05, 4.69) is 20.7 Å². The number of halogens is 1. The van der Waals surface area contributed by atoms with Gasteiger partial charge in [-0.1, -0.05) is 6.07 Å². The zero-order valence-electron chi connectivity index (χ0n) is 15.8. The fourth-order valence-electron chi connectivity index (χ4n) is 2.51. The van der Waals surface area contributed by atoms with Gasteiger partial charge in [0.15, 0.2) is 17.5 Å². The fraction of sp³-hybridized carbons (Fsp3) is 0.444. The highest BCUT2D eigenvalue weighted by molar-refractivity contribution is 14.0. The van der Waals surface area contributed by atoms with E-state index < -0.39 is 0 Å². The van der Waals surface area contributed by atoms with Crippen LogP contribution in [0.15, 0.2) is 35.6 Å². The van der Waals surface area contributed by atoms with Crippen LogP contribution in [0, 0.1) is 0 Å². The third-order valence-corrected chi connectivity index (χ3v) is 3.84. The lowest BCUT2D eigenvalue weighted by molar-refractivity contribution is 0.354. The Hall–Kier alpha value is -1.97. The van der Waals surface area contributed by atoms with Crippen molar-refractivity contribution in [3.63, 3.8) is 0 Å². The van der Waals surface area contributed by atoms with Crippen LogP contribution in [0.2, 0.25) is 0 Å². The van der Waals surface area contributed by atoms with Crippen molar-refractivity contribution in [2.75, 3.05) is 34.4 Å². The third kappa shape index (κ3) is 6.74. The van der Waals surface area contributed by atoms with E-state index >= 15 is 0 Å². The van der Waals surface area contributed by atoms with Gasteiger partial charge in [-0.2, -0.15) is 5.10 Å². The topological polar surface area (TPSA) is 72.7 Å². The van der Waals surface area contributed by atoms with E-state index in [4.69, 9.17) is 9.47 Å². The number of hydrogen-bond acceptors (Lipinski definition) is 4. The van der Waals surface area contributed by atoms with Gasteiger partial charge < -0.3 is 20.1 Å². The molecule has 0 bridgehead atoms. The van der Waals surface area contributed by atoms with E-state index in [1.807, 2.05) is 42.3 Å². The fourth-order valence-corrected chi connectivity index (χ4v) is 2.51. The van der Waals surface area contributed by atoms with E-state index in [9.17, 15) is 0 Å². The summed E-state index contributed by atoms with van der Waals surface area (Å²) in [7, 11) is 6.98. The lowest BCUT2D eigenvalue weighted by Crippen LogP contribution is -2.39. The van der Waals surface area contributed by atoms with Crippen LogP contribution in [0.1, 0.15) is 11.1 Å². The maximum atomic E-state index is 5.33. The summed E-state index contributed by atoms with van der Waals surface area (Å²) in [5, 5.41) is 10.8. The predicted molar refractivity (Wildman–Crippen MR) is 115 cm³/mol. The highest BCUT2D eigenvalue weighted by atomic mass is 127. The third-order valence-electron chi connectivity index (χ3n) is 3.84. The van der Waals surface area contributed by atoms with Crippen LogP contribution in [-0.4, -0.2) is 50.1 Å². The standard InChI is InChI=1S/C18H27N5O2.HI/c1-19-18(21-10-8-15-12-22-23(2)13-15)20-9-7-14-5-6-16(24-3)17(11-14)25-4;/h5-6,11-13H,7-10H2,1-4H3,(H2,19,20,21);1H. The molecule has 1 heterocycles. The summed E-state index contributed by atoms with van der Waals surface area (Å²) in [6.07, 6.45) is 5.68. The number of guanidine groups is 1.